The van der Waals surface area contributed by atoms with Crippen molar-refractivity contribution >= 4 is 34.1 Å². The van der Waals surface area contributed by atoms with Crippen LogP contribution in [0.5, 0.6) is 5.88 Å². The summed E-state index contributed by atoms with van der Waals surface area (Å²) in [5, 5.41) is 9.93. The Kier molecular flexibility index (Phi) is 4.49. The van der Waals surface area contributed by atoms with E-state index >= 15 is 0 Å². The molecule has 0 bridgehead atoms. The zero-order chi connectivity index (χ0) is 18.0. The maximum atomic E-state index is 12.3. The fourth-order valence-electron chi connectivity index (χ4n) is 2.07. The van der Waals surface area contributed by atoms with Crippen LogP contribution in [0.15, 0.2) is 36.7 Å². The molecule has 0 spiro atoms. The molecule has 130 valence electrons. The Morgan fingerprint density at radius 2 is 2.12 bits per heavy atom. The van der Waals surface area contributed by atoms with Crippen molar-refractivity contribution in [1.29, 1.82) is 0 Å². The number of pyridine rings is 1. The highest BCUT2D eigenvalue weighted by Crippen LogP contribution is 2.26. The van der Waals surface area contributed by atoms with Gasteiger partial charge >= 0.3 is 6.18 Å². The molecule has 0 atom stereocenters. The number of carbonyl (C=O) groups excluding carboxylic acids is 1. The highest BCUT2D eigenvalue weighted by atomic mass is 35.5. The van der Waals surface area contributed by atoms with Crippen LogP contribution in [0.4, 0.5) is 18.9 Å². The summed E-state index contributed by atoms with van der Waals surface area (Å²) in [6.07, 6.45) is -1.82. The van der Waals surface area contributed by atoms with Gasteiger partial charge in [-0.05, 0) is 12.1 Å². The van der Waals surface area contributed by atoms with E-state index < -0.39 is 24.6 Å². The molecule has 3 aromatic rings. The smallest absolute Gasteiger partial charge is 0.422 e. The zero-order valence-corrected chi connectivity index (χ0v) is 13.1. The second-order valence-corrected chi connectivity index (χ2v) is 5.42. The number of hydrogen-bond acceptors (Lipinski definition) is 4. The predicted octanol–water partition coefficient (Wildman–Crippen LogP) is 3.80. The predicted molar refractivity (Wildman–Crippen MR) is 84.8 cm³/mol. The summed E-state index contributed by atoms with van der Waals surface area (Å²) in [7, 11) is 0. The van der Waals surface area contributed by atoms with E-state index in [2.05, 4.69) is 25.2 Å². The highest BCUT2D eigenvalue weighted by molar-refractivity contribution is 6.32. The van der Waals surface area contributed by atoms with Crippen molar-refractivity contribution in [3.05, 3.63) is 47.2 Å². The maximum Gasteiger partial charge on any atom is 0.422 e. The minimum atomic E-state index is -4.51. The van der Waals surface area contributed by atoms with Crippen LogP contribution in [0.3, 0.4) is 0 Å². The number of fused-ring (bicyclic) bond motifs is 1. The average molecular weight is 371 g/mol. The molecular formula is C15H10ClF3N4O2. The first-order chi connectivity index (χ1) is 11.8. The van der Waals surface area contributed by atoms with Crippen LogP contribution in [-0.2, 0) is 0 Å². The van der Waals surface area contributed by atoms with Crippen LogP contribution >= 0.6 is 11.6 Å². The topological polar surface area (TPSA) is 79.9 Å². The molecule has 25 heavy (non-hydrogen) atoms. The summed E-state index contributed by atoms with van der Waals surface area (Å²) >= 11 is 5.83. The van der Waals surface area contributed by atoms with Gasteiger partial charge in [0.15, 0.2) is 6.61 Å². The second-order valence-electron chi connectivity index (χ2n) is 5.01. The SMILES string of the molecule is O=C(Nc1cccc2cn[nH]c12)c1cnc(OCC(F)(F)F)c(Cl)c1. The number of halogens is 4. The van der Waals surface area contributed by atoms with Gasteiger partial charge in [-0.15, -0.1) is 0 Å². The van der Waals surface area contributed by atoms with E-state index in [0.717, 1.165) is 11.6 Å². The molecule has 10 heteroatoms. The van der Waals surface area contributed by atoms with Gasteiger partial charge in [-0.3, -0.25) is 9.89 Å². The van der Waals surface area contributed by atoms with Gasteiger partial charge in [-0.1, -0.05) is 23.7 Å². The van der Waals surface area contributed by atoms with Gasteiger partial charge in [0.2, 0.25) is 5.88 Å². The van der Waals surface area contributed by atoms with E-state index in [-0.39, 0.29) is 10.6 Å². The molecule has 1 aromatic carbocycles. The highest BCUT2D eigenvalue weighted by Gasteiger charge is 2.29. The Balaban J connectivity index is 1.76. The normalized spacial score (nSPS) is 11.5. The van der Waals surface area contributed by atoms with Crippen LogP contribution in [0.25, 0.3) is 10.9 Å². The third-order valence-electron chi connectivity index (χ3n) is 3.17. The number of ether oxygens (including phenoxy) is 1. The van der Waals surface area contributed by atoms with E-state index in [1.165, 1.54) is 6.07 Å². The summed E-state index contributed by atoms with van der Waals surface area (Å²) < 4.78 is 41.0. The van der Waals surface area contributed by atoms with Crippen molar-refractivity contribution < 1.29 is 22.7 Å². The standard InChI is InChI=1S/C15H10ClF3N4O2/c16-10-4-9(5-20-14(10)25-7-15(17,18)19)13(24)22-11-3-1-2-8-6-21-23-12(8)11/h1-6H,7H2,(H,21,23)(H,22,24). The third-order valence-corrected chi connectivity index (χ3v) is 3.44. The fraction of sp³-hybridized carbons (Fsp3) is 0.133. The monoisotopic (exact) mass is 370 g/mol. The van der Waals surface area contributed by atoms with Gasteiger partial charge in [0, 0.05) is 11.6 Å². The molecule has 3 rings (SSSR count). The summed E-state index contributed by atoms with van der Waals surface area (Å²) in [6, 6.07) is 6.42. The molecule has 2 heterocycles. The minimum Gasteiger partial charge on any atom is -0.467 e. The van der Waals surface area contributed by atoms with E-state index in [4.69, 9.17) is 11.6 Å². The Morgan fingerprint density at radius 1 is 1.32 bits per heavy atom. The quantitative estimate of drug-likeness (QED) is 0.732. The lowest BCUT2D eigenvalue weighted by molar-refractivity contribution is -0.154. The Labute approximate surface area is 144 Å². The van der Waals surface area contributed by atoms with Crippen molar-refractivity contribution in [3.8, 4) is 5.88 Å². The minimum absolute atomic E-state index is 0.0703. The lowest BCUT2D eigenvalue weighted by Gasteiger charge is -2.10. The van der Waals surface area contributed by atoms with E-state index in [1.54, 1.807) is 18.3 Å². The Hall–Kier alpha value is -2.81. The molecule has 0 saturated carbocycles. The number of nitrogens with zero attached hydrogens (tertiary/aromatic N) is 2. The van der Waals surface area contributed by atoms with Crippen molar-refractivity contribution in [2.75, 3.05) is 11.9 Å². The molecule has 1 amide bonds. The molecule has 0 radical (unpaired) electrons. The number of H-pyrrole nitrogens is 1. The first-order valence-electron chi connectivity index (χ1n) is 6.92. The average Bonchev–Trinajstić information content (AvgIpc) is 3.02. The van der Waals surface area contributed by atoms with Crippen LogP contribution in [0.2, 0.25) is 5.02 Å². The molecule has 6 nitrogen and oxygen atoms in total. The number of carbonyl (C=O) groups is 1. The van der Waals surface area contributed by atoms with Crippen LogP contribution in [-0.4, -0.2) is 33.9 Å². The summed E-state index contributed by atoms with van der Waals surface area (Å²) in [5.74, 6) is -0.926. The second kappa shape index (κ2) is 6.60. The summed E-state index contributed by atoms with van der Waals surface area (Å²) in [4.78, 5) is 16.0. The maximum absolute atomic E-state index is 12.3. The Morgan fingerprint density at radius 3 is 2.84 bits per heavy atom. The molecule has 0 aliphatic rings. The number of para-hydroxylation sites is 1. The summed E-state index contributed by atoms with van der Waals surface area (Å²) in [6.45, 7) is -1.52. The number of benzene rings is 1. The number of amides is 1. The number of aromatic amines is 1. The molecule has 0 fully saturated rings. The van der Waals surface area contributed by atoms with Gasteiger partial charge in [0.05, 0.1) is 23.0 Å². The molecular weight excluding hydrogens is 361 g/mol. The molecule has 0 aliphatic carbocycles. The number of hydrogen-bond donors (Lipinski definition) is 2. The van der Waals surface area contributed by atoms with E-state index in [9.17, 15) is 18.0 Å². The van der Waals surface area contributed by atoms with Gasteiger partial charge in [-0.2, -0.15) is 18.3 Å². The molecule has 2 N–H and O–H groups in total. The first-order valence-corrected chi connectivity index (χ1v) is 7.30. The van der Waals surface area contributed by atoms with E-state index in [1.807, 2.05) is 6.07 Å². The van der Waals surface area contributed by atoms with Crippen molar-refractivity contribution in [2.45, 2.75) is 6.18 Å². The molecule has 0 saturated heterocycles. The lowest BCUT2D eigenvalue weighted by atomic mass is 10.2. The summed E-state index contributed by atoms with van der Waals surface area (Å²) in [5.41, 5.74) is 1.20. The third kappa shape index (κ3) is 4.00. The first kappa shape index (κ1) is 17.0. The lowest BCUT2D eigenvalue weighted by Crippen LogP contribution is -2.20. The van der Waals surface area contributed by atoms with Gasteiger partial charge in [0.1, 0.15) is 5.02 Å². The van der Waals surface area contributed by atoms with Crippen LogP contribution in [0.1, 0.15) is 10.4 Å². The van der Waals surface area contributed by atoms with E-state index in [0.29, 0.717) is 11.2 Å². The van der Waals surface area contributed by atoms with Gasteiger partial charge < -0.3 is 10.1 Å². The largest absolute Gasteiger partial charge is 0.467 e. The number of rotatable bonds is 4. The van der Waals surface area contributed by atoms with Gasteiger partial charge in [-0.25, -0.2) is 4.98 Å². The van der Waals surface area contributed by atoms with Crippen molar-refractivity contribution in [2.24, 2.45) is 0 Å². The number of nitrogens with one attached hydrogen (secondary N) is 2. The zero-order valence-electron chi connectivity index (χ0n) is 12.4. The van der Waals surface area contributed by atoms with Gasteiger partial charge in [0.25, 0.3) is 5.91 Å². The Bertz CT molecular complexity index is 927. The van der Waals surface area contributed by atoms with Crippen molar-refractivity contribution in [1.82, 2.24) is 15.2 Å². The van der Waals surface area contributed by atoms with Crippen LogP contribution in [0, 0.1) is 0 Å². The molecule has 2 aromatic heterocycles. The fourth-order valence-corrected chi connectivity index (χ4v) is 2.29. The number of aromatic nitrogens is 3. The molecule has 0 unspecified atom stereocenters. The number of anilines is 1. The van der Waals surface area contributed by atoms with Crippen LogP contribution < -0.4 is 10.1 Å². The van der Waals surface area contributed by atoms with Crippen molar-refractivity contribution in [3.63, 3.8) is 0 Å². The number of alkyl halides is 3. The molecule has 0 aliphatic heterocycles.